The van der Waals surface area contributed by atoms with Crippen molar-refractivity contribution in [1.29, 1.82) is 0 Å². The summed E-state index contributed by atoms with van der Waals surface area (Å²) >= 11 is 6.76. The fourth-order valence-electron chi connectivity index (χ4n) is 1.97. The number of benzene rings is 1. The summed E-state index contributed by atoms with van der Waals surface area (Å²) in [5.41, 5.74) is 0.632. The fraction of sp³-hybridized carbons (Fsp3) is 0.462. The van der Waals surface area contributed by atoms with E-state index in [1.165, 1.54) is 0 Å². The van der Waals surface area contributed by atoms with E-state index in [-0.39, 0.29) is 12.0 Å². The molecule has 1 aliphatic heterocycles. The average Bonchev–Trinajstić information content (AvgIpc) is 2.36. The molecule has 0 aromatic heterocycles. The molecule has 0 radical (unpaired) electrons. The molecule has 1 atom stereocenters. The molecular weight excluding hydrogens is 376 g/mol. The predicted molar refractivity (Wildman–Crippen MR) is 81.4 cm³/mol. The van der Waals surface area contributed by atoms with E-state index in [4.69, 9.17) is 4.74 Å². The van der Waals surface area contributed by atoms with E-state index in [1.807, 2.05) is 12.1 Å². The monoisotopic (exact) mass is 390 g/mol. The second-order valence-electron chi connectivity index (χ2n) is 4.59. The van der Waals surface area contributed by atoms with Crippen LogP contribution in [0.2, 0.25) is 0 Å². The first kappa shape index (κ1) is 15.0. The number of morpholine rings is 1. The Bertz CT molecular complexity index is 468. The third-order valence-electron chi connectivity index (χ3n) is 3.01. The molecule has 4 nitrogen and oxygen atoms in total. The summed E-state index contributed by atoms with van der Waals surface area (Å²) in [5.74, 6) is -0.0869. The molecule has 1 saturated heterocycles. The van der Waals surface area contributed by atoms with Crippen LogP contribution in [-0.4, -0.2) is 50.2 Å². The summed E-state index contributed by atoms with van der Waals surface area (Å²) < 4.78 is 7.33. The molecule has 1 N–H and O–H groups in total. The highest BCUT2D eigenvalue weighted by Crippen LogP contribution is 2.21. The van der Waals surface area contributed by atoms with Crippen LogP contribution in [0.1, 0.15) is 10.4 Å². The maximum Gasteiger partial charge on any atom is 0.252 e. The Hall–Kier alpha value is -0.430. The third kappa shape index (κ3) is 4.27. The van der Waals surface area contributed by atoms with Gasteiger partial charge in [-0.3, -0.25) is 4.79 Å². The minimum atomic E-state index is -0.0869. The summed E-state index contributed by atoms with van der Waals surface area (Å²) in [6.45, 7) is 3.05. The first-order valence-corrected chi connectivity index (χ1v) is 7.68. The van der Waals surface area contributed by atoms with Gasteiger partial charge >= 0.3 is 0 Å². The zero-order chi connectivity index (χ0) is 13.8. The van der Waals surface area contributed by atoms with Crippen LogP contribution in [-0.2, 0) is 4.74 Å². The van der Waals surface area contributed by atoms with Crippen molar-refractivity contribution in [2.75, 3.05) is 33.3 Å². The number of halogens is 2. The minimum absolute atomic E-state index is 0.0666. The largest absolute Gasteiger partial charge is 0.374 e. The fourth-order valence-corrected chi connectivity index (χ4v) is 3.19. The molecule has 1 fully saturated rings. The number of hydrogen-bond acceptors (Lipinski definition) is 3. The summed E-state index contributed by atoms with van der Waals surface area (Å²) in [4.78, 5) is 14.3. The number of rotatable bonds is 3. The van der Waals surface area contributed by atoms with Gasteiger partial charge in [0.25, 0.3) is 5.91 Å². The van der Waals surface area contributed by atoms with Crippen molar-refractivity contribution >= 4 is 37.8 Å². The number of ether oxygens (including phenoxy) is 1. The lowest BCUT2D eigenvalue weighted by Gasteiger charge is -2.30. The minimum Gasteiger partial charge on any atom is -0.374 e. The van der Waals surface area contributed by atoms with Gasteiger partial charge in [-0.1, -0.05) is 15.9 Å². The van der Waals surface area contributed by atoms with E-state index in [0.29, 0.717) is 12.1 Å². The molecule has 1 aromatic carbocycles. The Morgan fingerprint density at radius 1 is 1.53 bits per heavy atom. The molecule has 0 bridgehead atoms. The highest BCUT2D eigenvalue weighted by molar-refractivity contribution is 9.11. The summed E-state index contributed by atoms with van der Waals surface area (Å²) in [5, 5.41) is 2.91. The first-order chi connectivity index (χ1) is 9.06. The molecule has 2 rings (SSSR count). The van der Waals surface area contributed by atoms with Crippen molar-refractivity contribution in [3.63, 3.8) is 0 Å². The molecular formula is C13H16Br2N2O2. The highest BCUT2D eigenvalue weighted by Gasteiger charge is 2.19. The van der Waals surface area contributed by atoms with E-state index < -0.39 is 0 Å². The number of likely N-dealkylation sites (N-methyl/N-ethyl adjacent to an activating group) is 1. The van der Waals surface area contributed by atoms with Gasteiger partial charge < -0.3 is 15.0 Å². The molecule has 1 amide bonds. The van der Waals surface area contributed by atoms with E-state index in [9.17, 15) is 4.79 Å². The SMILES string of the molecule is CN1CCOC(CNC(=O)c2ccc(Br)cc2Br)C1. The Morgan fingerprint density at radius 2 is 2.32 bits per heavy atom. The maximum absolute atomic E-state index is 12.1. The van der Waals surface area contributed by atoms with Crippen molar-refractivity contribution < 1.29 is 9.53 Å². The number of nitrogens with one attached hydrogen (secondary N) is 1. The van der Waals surface area contributed by atoms with Crippen LogP contribution in [0.25, 0.3) is 0 Å². The van der Waals surface area contributed by atoms with Crippen molar-refractivity contribution in [3.8, 4) is 0 Å². The lowest BCUT2D eigenvalue weighted by atomic mass is 10.2. The van der Waals surface area contributed by atoms with E-state index in [0.717, 1.165) is 28.6 Å². The Morgan fingerprint density at radius 3 is 3.00 bits per heavy atom. The van der Waals surface area contributed by atoms with Crippen LogP contribution in [0, 0.1) is 0 Å². The van der Waals surface area contributed by atoms with E-state index in [2.05, 4.69) is 49.1 Å². The molecule has 1 aliphatic rings. The summed E-state index contributed by atoms with van der Waals surface area (Å²) in [6.07, 6.45) is 0.0666. The van der Waals surface area contributed by atoms with Gasteiger partial charge in [-0.15, -0.1) is 0 Å². The van der Waals surface area contributed by atoms with Gasteiger partial charge in [0.1, 0.15) is 0 Å². The highest BCUT2D eigenvalue weighted by atomic mass is 79.9. The van der Waals surface area contributed by atoms with Gasteiger partial charge in [0, 0.05) is 28.6 Å². The van der Waals surface area contributed by atoms with Gasteiger partial charge in [-0.05, 0) is 41.2 Å². The van der Waals surface area contributed by atoms with E-state index >= 15 is 0 Å². The standard InChI is InChI=1S/C13H16Br2N2O2/c1-17-4-5-19-10(8-17)7-16-13(18)11-3-2-9(14)6-12(11)15/h2-3,6,10H,4-5,7-8H2,1H3,(H,16,18). The molecule has 19 heavy (non-hydrogen) atoms. The van der Waals surface area contributed by atoms with Crippen molar-refractivity contribution in [1.82, 2.24) is 10.2 Å². The first-order valence-electron chi connectivity index (χ1n) is 6.09. The molecule has 0 spiro atoms. The van der Waals surface area contributed by atoms with Crippen LogP contribution in [0.4, 0.5) is 0 Å². The Kier molecular flexibility index (Phi) is 5.38. The molecule has 1 aromatic rings. The van der Waals surface area contributed by atoms with Crippen LogP contribution in [0.3, 0.4) is 0 Å². The lowest BCUT2D eigenvalue weighted by molar-refractivity contribution is -0.0175. The van der Waals surface area contributed by atoms with Crippen molar-refractivity contribution in [3.05, 3.63) is 32.7 Å². The molecule has 104 valence electrons. The average molecular weight is 392 g/mol. The number of carbonyl (C=O) groups excluding carboxylic acids is 1. The van der Waals surface area contributed by atoms with Crippen LogP contribution < -0.4 is 5.32 Å². The van der Waals surface area contributed by atoms with Gasteiger partial charge in [0.2, 0.25) is 0 Å². The van der Waals surface area contributed by atoms with Crippen LogP contribution in [0.5, 0.6) is 0 Å². The topological polar surface area (TPSA) is 41.6 Å². The Labute approximate surface area is 129 Å². The second kappa shape index (κ2) is 6.83. The third-order valence-corrected chi connectivity index (χ3v) is 4.16. The molecule has 6 heteroatoms. The van der Waals surface area contributed by atoms with Gasteiger partial charge in [-0.2, -0.15) is 0 Å². The number of amides is 1. The number of hydrogen-bond donors (Lipinski definition) is 1. The normalized spacial score (nSPS) is 20.3. The summed E-state index contributed by atoms with van der Waals surface area (Å²) in [7, 11) is 2.06. The quantitative estimate of drug-likeness (QED) is 0.859. The van der Waals surface area contributed by atoms with Crippen molar-refractivity contribution in [2.24, 2.45) is 0 Å². The summed E-state index contributed by atoms with van der Waals surface area (Å²) in [6, 6.07) is 5.50. The molecule has 0 aliphatic carbocycles. The van der Waals surface area contributed by atoms with Crippen molar-refractivity contribution in [2.45, 2.75) is 6.10 Å². The number of carbonyl (C=O) groups is 1. The smallest absolute Gasteiger partial charge is 0.252 e. The van der Waals surface area contributed by atoms with Gasteiger partial charge in [-0.25, -0.2) is 0 Å². The van der Waals surface area contributed by atoms with Crippen LogP contribution in [0.15, 0.2) is 27.1 Å². The maximum atomic E-state index is 12.1. The van der Waals surface area contributed by atoms with E-state index in [1.54, 1.807) is 6.07 Å². The lowest BCUT2D eigenvalue weighted by Crippen LogP contribution is -2.45. The van der Waals surface area contributed by atoms with Gasteiger partial charge in [0.05, 0.1) is 18.3 Å². The molecule has 0 saturated carbocycles. The Balaban J connectivity index is 1.90. The predicted octanol–water partition coefficient (Wildman–Crippen LogP) is 2.27. The number of nitrogens with zero attached hydrogens (tertiary/aromatic N) is 1. The molecule has 1 heterocycles. The zero-order valence-corrected chi connectivity index (χ0v) is 13.8. The van der Waals surface area contributed by atoms with Crippen LogP contribution >= 0.6 is 31.9 Å². The molecule has 1 unspecified atom stereocenters. The second-order valence-corrected chi connectivity index (χ2v) is 6.36. The zero-order valence-electron chi connectivity index (χ0n) is 10.7. The van der Waals surface area contributed by atoms with Gasteiger partial charge in [0.15, 0.2) is 0 Å².